The second-order valence-corrected chi connectivity index (χ2v) is 9.97. The zero-order valence-electron chi connectivity index (χ0n) is 21.1. The van der Waals surface area contributed by atoms with Gasteiger partial charge < -0.3 is 15.0 Å². The van der Waals surface area contributed by atoms with Crippen molar-refractivity contribution in [1.82, 2.24) is 10.2 Å². The van der Waals surface area contributed by atoms with Crippen molar-refractivity contribution in [3.8, 4) is 5.75 Å². The summed E-state index contributed by atoms with van der Waals surface area (Å²) in [7, 11) is 0. The molecule has 0 aromatic heterocycles. The van der Waals surface area contributed by atoms with Crippen LogP contribution < -0.4 is 10.1 Å². The lowest BCUT2D eigenvalue weighted by Crippen LogP contribution is -2.52. The smallest absolute Gasteiger partial charge is 0.261 e. The lowest BCUT2D eigenvalue weighted by Gasteiger charge is -2.32. The van der Waals surface area contributed by atoms with Crippen LogP contribution in [0.3, 0.4) is 0 Å². The predicted octanol–water partition coefficient (Wildman–Crippen LogP) is 5.75. The van der Waals surface area contributed by atoms with E-state index in [0.717, 1.165) is 26.7 Å². The Balaban J connectivity index is 1.91. The molecule has 0 fully saturated rings. The molecule has 36 heavy (non-hydrogen) atoms. The molecule has 7 heteroatoms. The van der Waals surface area contributed by atoms with Crippen molar-refractivity contribution in [3.63, 3.8) is 0 Å². The number of halogens is 2. The van der Waals surface area contributed by atoms with Gasteiger partial charge >= 0.3 is 0 Å². The van der Waals surface area contributed by atoms with Crippen molar-refractivity contribution in [1.29, 1.82) is 0 Å². The summed E-state index contributed by atoms with van der Waals surface area (Å²) in [6, 6.07) is 18.4. The van der Waals surface area contributed by atoms with E-state index in [0.29, 0.717) is 12.2 Å². The number of hydrogen-bond acceptors (Lipinski definition) is 3. The third kappa shape index (κ3) is 7.65. The maximum atomic E-state index is 13.6. The third-order valence-electron chi connectivity index (χ3n) is 5.74. The van der Waals surface area contributed by atoms with Gasteiger partial charge in [-0.1, -0.05) is 58.4 Å². The van der Waals surface area contributed by atoms with Crippen LogP contribution in [-0.4, -0.2) is 35.4 Å². The van der Waals surface area contributed by atoms with E-state index in [-0.39, 0.29) is 36.8 Å². The highest BCUT2D eigenvalue weighted by molar-refractivity contribution is 9.10. The number of nitrogens with zero attached hydrogens (tertiary/aromatic N) is 1. The molecule has 0 bridgehead atoms. The zero-order chi connectivity index (χ0) is 26.2. The van der Waals surface area contributed by atoms with Gasteiger partial charge in [0.25, 0.3) is 5.91 Å². The second kappa shape index (κ2) is 12.7. The van der Waals surface area contributed by atoms with Gasteiger partial charge in [-0.15, -0.1) is 0 Å². The van der Waals surface area contributed by atoms with Crippen LogP contribution in [0.1, 0.15) is 36.1 Å². The molecule has 2 amide bonds. The van der Waals surface area contributed by atoms with Crippen LogP contribution in [0.2, 0.25) is 0 Å². The van der Waals surface area contributed by atoms with Crippen LogP contribution in [0.25, 0.3) is 0 Å². The van der Waals surface area contributed by atoms with Gasteiger partial charge in [0, 0.05) is 23.5 Å². The number of hydrogen-bond donors (Lipinski definition) is 1. The Morgan fingerprint density at radius 1 is 0.972 bits per heavy atom. The molecule has 3 aromatic rings. The van der Waals surface area contributed by atoms with E-state index in [1.54, 1.807) is 12.1 Å². The minimum Gasteiger partial charge on any atom is -0.484 e. The number of aryl methyl sites for hydroxylation is 2. The van der Waals surface area contributed by atoms with Gasteiger partial charge in [0.05, 0.1) is 0 Å². The Hall–Kier alpha value is -3.19. The Labute approximate surface area is 220 Å². The highest BCUT2D eigenvalue weighted by Crippen LogP contribution is 2.26. The fraction of sp³-hybridized carbons (Fsp3) is 0.310. The van der Waals surface area contributed by atoms with Gasteiger partial charge in [-0.3, -0.25) is 9.59 Å². The summed E-state index contributed by atoms with van der Waals surface area (Å²) in [6.45, 7) is 7.58. The number of ether oxygens (including phenoxy) is 1. The highest BCUT2D eigenvalue weighted by atomic mass is 79.9. The number of carbonyl (C=O) groups is 2. The molecule has 1 atom stereocenters. The van der Waals surface area contributed by atoms with Gasteiger partial charge in [-0.2, -0.15) is 0 Å². The summed E-state index contributed by atoms with van der Waals surface area (Å²) in [5.41, 5.74) is 3.65. The molecule has 0 radical (unpaired) electrons. The predicted molar refractivity (Wildman–Crippen MR) is 143 cm³/mol. The maximum Gasteiger partial charge on any atom is 0.261 e. The number of amides is 2. The van der Waals surface area contributed by atoms with Crippen LogP contribution in [0, 0.1) is 19.7 Å². The molecule has 1 unspecified atom stereocenters. The standard InChI is InChI=1S/C29H32BrFN2O3/c1-19(2)32-29(35)26(16-22-8-6-5-7-9-22)33(17-23-10-12-24(31)13-11-23)27(34)18-36-25-14-20(3)28(30)21(4)15-25/h5-15,19,26H,16-18H2,1-4H3,(H,32,35). The number of carbonyl (C=O) groups excluding carboxylic acids is 2. The molecular formula is C29H32BrFN2O3. The SMILES string of the molecule is Cc1cc(OCC(=O)N(Cc2ccc(F)cc2)C(Cc2ccccc2)C(=O)NC(C)C)cc(C)c1Br. The average molecular weight is 555 g/mol. The first-order valence-electron chi connectivity index (χ1n) is 11.9. The Morgan fingerprint density at radius 3 is 2.17 bits per heavy atom. The summed E-state index contributed by atoms with van der Waals surface area (Å²) in [4.78, 5) is 28.4. The molecule has 5 nitrogen and oxygen atoms in total. The van der Waals surface area contributed by atoms with Crippen molar-refractivity contribution in [2.45, 2.75) is 52.7 Å². The molecule has 0 aliphatic carbocycles. The fourth-order valence-corrected chi connectivity index (χ4v) is 4.17. The quantitative estimate of drug-likeness (QED) is 0.347. The summed E-state index contributed by atoms with van der Waals surface area (Å²) in [5.74, 6) is -0.370. The van der Waals surface area contributed by atoms with Crippen LogP contribution in [0.5, 0.6) is 5.75 Å². The van der Waals surface area contributed by atoms with Crippen LogP contribution in [-0.2, 0) is 22.6 Å². The highest BCUT2D eigenvalue weighted by Gasteiger charge is 2.31. The lowest BCUT2D eigenvalue weighted by atomic mass is 10.0. The molecule has 1 N–H and O–H groups in total. The summed E-state index contributed by atoms with van der Waals surface area (Å²) in [6.07, 6.45) is 0.336. The minimum absolute atomic E-state index is 0.0940. The zero-order valence-corrected chi connectivity index (χ0v) is 22.6. The number of nitrogens with one attached hydrogen (secondary N) is 1. The van der Waals surface area contributed by atoms with Gasteiger partial charge in [0.1, 0.15) is 17.6 Å². The largest absolute Gasteiger partial charge is 0.484 e. The first-order valence-corrected chi connectivity index (χ1v) is 12.7. The molecule has 0 saturated carbocycles. The molecule has 190 valence electrons. The second-order valence-electron chi connectivity index (χ2n) is 9.18. The van der Waals surface area contributed by atoms with Gasteiger partial charge in [-0.05, 0) is 74.2 Å². The molecule has 3 aromatic carbocycles. The van der Waals surface area contributed by atoms with Crippen molar-refractivity contribution in [3.05, 3.63) is 99.3 Å². The van der Waals surface area contributed by atoms with E-state index < -0.39 is 6.04 Å². The molecule has 0 aliphatic heterocycles. The Morgan fingerprint density at radius 2 is 1.58 bits per heavy atom. The Bertz CT molecular complexity index is 1160. The first-order chi connectivity index (χ1) is 17.1. The van der Waals surface area contributed by atoms with E-state index in [1.165, 1.54) is 17.0 Å². The number of rotatable bonds is 10. The lowest BCUT2D eigenvalue weighted by molar-refractivity contribution is -0.143. The van der Waals surface area contributed by atoms with Gasteiger partial charge in [0.15, 0.2) is 6.61 Å². The first kappa shape index (κ1) is 27.4. The van der Waals surface area contributed by atoms with Crippen molar-refractivity contribution in [2.24, 2.45) is 0 Å². The van der Waals surface area contributed by atoms with Crippen LogP contribution in [0.4, 0.5) is 4.39 Å². The van der Waals surface area contributed by atoms with E-state index in [1.807, 2.05) is 70.2 Å². The van der Waals surface area contributed by atoms with Gasteiger partial charge in [0.2, 0.25) is 5.91 Å². The van der Waals surface area contributed by atoms with Crippen molar-refractivity contribution < 1.29 is 18.7 Å². The molecule has 3 rings (SSSR count). The fourth-order valence-electron chi connectivity index (χ4n) is 3.94. The topological polar surface area (TPSA) is 58.6 Å². The molecule has 0 heterocycles. The van der Waals surface area contributed by atoms with Crippen LogP contribution in [0.15, 0.2) is 71.2 Å². The van der Waals surface area contributed by atoms with Gasteiger partial charge in [-0.25, -0.2) is 4.39 Å². The number of benzene rings is 3. The summed E-state index contributed by atoms with van der Waals surface area (Å²) >= 11 is 3.54. The molecule has 0 saturated heterocycles. The average Bonchev–Trinajstić information content (AvgIpc) is 2.84. The molecule has 0 spiro atoms. The molecule has 0 aliphatic rings. The van der Waals surface area contributed by atoms with Crippen molar-refractivity contribution in [2.75, 3.05) is 6.61 Å². The van der Waals surface area contributed by atoms with E-state index in [4.69, 9.17) is 4.74 Å². The minimum atomic E-state index is -0.774. The van der Waals surface area contributed by atoms with Crippen molar-refractivity contribution >= 4 is 27.7 Å². The monoisotopic (exact) mass is 554 g/mol. The normalized spacial score (nSPS) is 11.8. The maximum absolute atomic E-state index is 13.6. The van der Waals surface area contributed by atoms with E-state index in [9.17, 15) is 14.0 Å². The third-order valence-corrected chi connectivity index (χ3v) is 6.99. The molecular weight excluding hydrogens is 523 g/mol. The van der Waals surface area contributed by atoms with E-state index in [2.05, 4.69) is 21.2 Å². The summed E-state index contributed by atoms with van der Waals surface area (Å²) in [5, 5.41) is 2.95. The van der Waals surface area contributed by atoms with E-state index >= 15 is 0 Å². The Kier molecular flexibility index (Phi) is 9.65. The van der Waals surface area contributed by atoms with Crippen LogP contribution >= 0.6 is 15.9 Å². The summed E-state index contributed by atoms with van der Waals surface area (Å²) < 4.78 is 20.4.